The molecule has 2 aromatic heterocycles. The van der Waals surface area contributed by atoms with Crippen LogP contribution < -0.4 is 0 Å². The molecule has 0 aliphatic rings. The van der Waals surface area contributed by atoms with E-state index in [-0.39, 0.29) is 0 Å². The number of rotatable bonds is 2. The highest BCUT2D eigenvalue weighted by Gasteiger charge is 2.20. The minimum absolute atomic E-state index is 0.658. The molecule has 0 spiro atoms. The third-order valence-electron chi connectivity index (χ3n) is 6.72. The molecule has 0 aliphatic carbocycles. The fourth-order valence-electron chi connectivity index (χ4n) is 5.37. The highest BCUT2D eigenvalue weighted by atomic mass is 15.0. The van der Waals surface area contributed by atoms with E-state index < -0.39 is 0 Å². The first kappa shape index (κ1) is 18.7. The fraction of sp³-hybridized carbons (Fsp3) is 0. The van der Waals surface area contributed by atoms with Gasteiger partial charge in [-0.15, -0.1) is 0 Å². The van der Waals surface area contributed by atoms with Crippen molar-refractivity contribution in [2.24, 2.45) is 0 Å². The predicted molar refractivity (Wildman–Crippen MR) is 140 cm³/mol. The van der Waals surface area contributed by atoms with Crippen molar-refractivity contribution < 1.29 is 0 Å². The van der Waals surface area contributed by atoms with Crippen LogP contribution in [0.2, 0.25) is 0 Å². The van der Waals surface area contributed by atoms with Crippen LogP contribution in [0.5, 0.6) is 0 Å². The van der Waals surface area contributed by atoms with Crippen LogP contribution >= 0.6 is 0 Å². The van der Waals surface area contributed by atoms with Crippen molar-refractivity contribution in [2.75, 3.05) is 0 Å². The zero-order valence-corrected chi connectivity index (χ0v) is 18.3. The van der Waals surface area contributed by atoms with Crippen molar-refractivity contribution in [1.29, 1.82) is 5.26 Å². The summed E-state index contributed by atoms with van der Waals surface area (Å²) in [6, 6.07) is 42.3. The van der Waals surface area contributed by atoms with Gasteiger partial charge in [-0.05, 0) is 54.6 Å². The van der Waals surface area contributed by atoms with Crippen LogP contribution in [0.25, 0.3) is 55.0 Å². The highest BCUT2D eigenvalue weighted by molar-refractivity contribution is 6.28. The number of hydrogen-bond acceptors (Lipinski definition) is 1. The van der Waals surface area contributed by atoms with Gasteiger partial charge in [-0.3, -0.25) is 0 Å². The first-order valence-electron chi connectivity index (χ1n) is 11.4. The molecule has 158 valence electrons. The number of hydrogen-bond donors (Lipinski definition) is 0. The lowest BCUT2D eigenvalue weighted by atomic mass is 10.1. The Morgan fingerprint density at radius 1 is 0.471 bits per heavy atom. The zero-order chi connectivity index (χ0) is 22.6. The van der Waals surface area contributed by atoms with Crippen molar-refractivity contribution in [3.8, 4) is 17.4 Å². The maximum absolute atomic E-state index is 9.49. The Morgan fingerprint density at radius 2 is 1.00 bits per heavy atom. The molecule has 0 fully saturated rings. The molecule has 3 nitrogen and oxygen atoms in total. The van der Waals surface area contributed by atoms with Crippen LogP contribution in [0.4, 0.5) is 0 Å². The SMILES string of the molecule is N#Cc1cccc(-n2c3ccccc3c3c4c5ccccc5n(-c5ccccc5)c4ccc32)c1. The Kier molecular flexibility index (Phi) is 3.91. The monoisotopic (exact) mass is 433 g/mol. The summed E-state index contributed by atoms with van der Waals surface area (Å²) in [6.07, 6.45) is 0. The summed E-state index contributed by atoms with van der Waals surface area (Å²) in [5, 5.41) is 14.4. The second kappa shape index (κ2) is 7.10. The molecule has 2 heterocycles. The third kappa shape index (κ3) is 2.51. The molecule has 0 saturated carbocycles. The molecule has 0 atom stereocenters. The fourth-order valence-corrected chi connectivity index (χ4v) is 5.37. The van der Waals surface area contributed by atoms with E-state index in [1.165, 1.54) is 32.6 Å². The van der Waals surface area contributed by atoms with Crippen LogP contribution in [0.3, 0.4) is 0 Å². The van der Waals surface area contributed by atoms with Crippen LogP contribution in [0, 0.1) is 11.3 Å². The number of benzene rings is 5. The Balaban J connectivity index is 1.71. The number of nitriles is 1. The Morgan fingerprint density at radius 3 is 1.62 bits per heavy atom. The van der Waals surface area contributed by atoms with Crippen LogP contribution in [0.1, 0.15) is 5.56 Å². The van der Waals surface area contributed by atoms with Gasteiger partial charge in [0.25, 0.3) is 0 Å². The van der Waals surface area contributed by atoms with Crippen LogP contribution in [-0.4, -0.2) is 9.13 Å². The summed E-state index contributed by atoms with van der Waals surface area (Å²) in [6.45, 7) is 0. The van der Waals surface area contributed by atoms with Gasteiger partial charge in [0.05, 0.1) is 33.7 Å². The molecule has 0 bridgehead atoms. The van der Waals surface area contributed by atoms with E-state index in [9.17, 15) is 5.26 Å². The Bertz CT molecular complexity index is 1910. The summed E-state index contributed by atoms with van der Waals surface area (Å²) in [5.41, 5.74) is 7.46. The lowest BCUT2D eigenvalue weighted by Crippen LogP contribution is -1.95. The van der Waals surface area contributed by atoms with Crippen molar-refractivity contribution in [3.05, 3.63) is 121 Å². The Labute approximate surface area is 196 Å². The molecule has 0 radical (unpaired) electrons. The van der Waals surface area contributed by atoms with E-state index in [0.717, 1.165) is 22.4 Å². The van der Waals surface area contributed by atoms with Crippen LogP contribution in [0.15, 0.2) is 115 Å². The highest BCUT2D eigenvalue weighted by Crippen LogP contribution is 2.42. The predicted octanol–water partition coefficient (Wildman–Crippen LogP) is 7.75. The van der Waals surface area contributed by atoms with Gasteiger partial charge in [-0.1, -0.05) is 60.7 Å². The molecule has 0 aliphatic heterocycles. The molecule has 3 heteroatoms. The summed E-state index contributed by atoms with van der Waals surface area (Å²) < 4.78 is 4.63. The standard InChI is InChI=1S/C31H19N3/c32-20-21-9-8-12-23(19-21)34-27-16-7-5-14-25(27)31-29(34)18-17-28-30(31)24-13-4-6-15-26(24)33(28)22-10-2-1-3-11-22/h1-19H. The number of para-hydroxylation sites is 3. The molecular weight excluding hydrogens is 414 g/mol. The third-order valence-corrected chi connectivity index (χ3v) is 6.72. The molecule has 34 heavy (non-hydrogen) atoms. The molecule has 7 aromatic rings. The van der Waals surface area contributed by atoms with Gasteiger partial charge in [0.15, 0.2) is 0 Å². The average molecular weight is 434 g/mol. The number of fused-ring (bicyclic) bond motifs is 7. The van der Waals surface area contributed by atoms with E-state index in [4.69, 9.17) is 0 Å². The average Bonchev–Trinajstić information content (AvgIpc) is 3.42. The first-order valence-corrected chi connectivity index (χ1v) is 11.4. The molecule has 7 rings (SSSR count). The largest absolute Gasteiger partial charge is 0.309 e. The molecule has 5 aromatic carbocycles. The van der Waals surface area contributed by atoms with Gasteiger partial charge in [-0.25, -0.2) is 0 Å². The minimum Gasteiger partial charge on any atom is -0.309 e. The summed E-state index contributed by atoms with van der Waals surface area (Å²) in [4.78, 5) is 0. The molecule has 0 unspecified atom stereocenters. The maximum Gasteiger partial charge on any atom is 0.0992 e. The van der Waals surface area contributed by atoms with Gasteiger partial charge in [0.2, 0.25) is 0 Å². The zero-order valence-electron chi connectivity index (χ0n) is 18.3. The van der Waals surface area contributed by atoms with Gasteiger partial charge >= 0.3 is 0 Å². The van der Waals surface area contributed by atoms with Gasteiger partial charge < -0.3 is 9.13 Å². The normalized spacial score (nSPS) is 11.5. The number of aromatic nitrogens is 2. The number of nitrogens with zero attached hydrogens (tertiary/aromatic N) is 3. The van der Waals surface area contributed by atoms with E-state index in [1.807, 2.05) is 18.2 Å². The van der Waals surface area contributed by atoms with Crippen molar-refractivity contribution >= 4 is 43.6 Å². The molecular formula is C31H19N3. The Hall–Kier alpha value is -4.81. The van der Waals surface area contributed by atoms with Crippen molar-refractivity contribution in [1.82, 2.24) is 9.13 Å². The lowest BCUT2D eigenvalue weighted by molar-refractivity contribution is 1.17. The van der Waals surface area contributed by atoms with Gasteiger partial charge in [0, 0.05) is 32.9 Å². The summed E-state index contributed by atoms with van der Waals surface area (Å²) in [7, 11) is 0. The molecule has 0 amide bonds. The van der Waals surface area contributed by atoms with E-state index >= 15 is 0 Å². The van der Waals surface area contributed by atoms with Crippen molar-refractivity contribution in [2.45, 2.75) is 0 Å². The quantitative estimate of drug-likeness (QED) is 0.274. The lowest BCUT2D eigenvalue weighted by Gasteiger charge is -2.09. The smallest absolute Gasteiger partial charge is 0.0992 e. The van der Waals surface area contributed by atoms with Crippen LogP contribution in [-0.2, 0) is 0 Å². The summed E-state index contributed by atoms with van der Waals surface area (Å²) in [5.74, 6) is 0. The molecule has 0 N–H and O–H groups in total. The second-order valence-corrected chi connectivity index (χ2v) is 8.56. The van der Waals surface area contributed by atoms with E-state index in [2.05, 4.69) is 112 Å². The molecule has 0 saturated heterocycles. The van der Waals surface area contributed by atoms with E-state index in [1.54, 1.807) is 0 Å². The second-order valence-electron chi connectivity index (χ2n) is 8.56. The maximum atomic E-state index is 9.49. The first-order chi connectivity index (χ1) is 16.8. The summed E-state index contributed by atoms with van der Waals surface area (Å²) >= 11 is 0. The van der Waals surface area contributed by atoms with Crippen molar-refractivity contribution in [3.63, 3.8) is 0 Å². The minimum atomic E-state index is 0.658. The van der Waals surface area contributed by atoms with Gasteiger partial charge in [0.1, 0.15) is 0 Å². The van der Waals surface area contributed by atoms with Gasteiger partial charge in [-0.2, -0.15) is 5.26 Å². The topological polar surface area (TPSA) is 33.6 Å². The van der Waals surface area contributed by atoms with E-state index in [0.29, 0.717) is 5.56 Å².